The van der Waals surface area contributed by atoms with Crippen molar-refractivity contribution in [3.63, 3.8) is 0 Å². The van der Waals surface area contributed by atoms with Gasteiger partial charge in [0.05, 0.1) is 5.52 Å². The van der Waals surface area contributed by atoms with Crippen LogP contribution in [0.25, 0.3) is 10.9 Å². The van der Waals surface area contributed by atoms with E-state index in [1.165, 1.54) is 0 Å². The summed E-state index contributed by atoms with van der Waals surface area (Å²) in [6.07, 6.45) is 1.86. The van der Waals surface area contributed by atoms with Crippen molar-refractivity contribution < 1.29 is 14.3 Å². The van der Waals surface area contributed by atoms with E-state index in [9.17, 15) is 9.59 Å². The van der Waals surface area contributed by atoms with Gasteiger partial charge in [0.2, 0.25) is 5.78 Å². The zero-order valence-electron chi connectivity index (χ0n) is 14.1. The molecule has 6 heteroatoms. The molecule has 128 valence electrons. The van der Waals surface area contributed by atoms with E-state index in [0.717, 1.165) is 11.1 Å². The van der Waals surface area contributed by atoms with E-state index in [2.05, 4.69) is 9.97 Å². The molecule has 0 saturated heterocycles. The number of aromatic amines is 1. The third-order valence-corrected chi connectivity index (χ3v) is 4.28. The van der Waals surface area contributed by atoms with Gasteiger partial charge in [-0.15, -0.1) is 0 Å². The van der Waals surface area contributed by atoms with Crippen LogP contribution in [0.5, 0.6) is 5.75 Å². The summed E-state index contributed by atoms with van der Waals surface area (Å²) in [6, 6.07) is 6.81. The van der Waals surface area contributed by atoms with Gasteiger partial charge in [-0.1, -0.05) is 18.5 Å². The van der Waals surface area contributed by atoms with Crippen molar-refractivity contribution in [3.8, 4) is 5.75 Å². The minimum Gasteiger partial charge on any atom is -0.423 e. The molecule has 3 aromatic rings. The Morgan fingerprint density at radius 2 is 1.96 bits per heavy atom. The summed E-state index contributed by atoms with van der Waals surface area (Å²) < 4.78 is 5.42. The zero-order valence-corrected chi connectivity index (χ0v) is 14.9. The molecular formula is C19H17ClN2O3. The minimum absolute atomic E-state index is 0.190. The van der Waals surface area contributed by atoms with Crippen molar-refractivity contribution in [2.45, 2.75) is 27.2 Å². The Bertz CT molecular complexity index is 992. The number of aromatic nitrogens is 2. The molecule has 0 bridgehead atoms. The summed E-state index contributed by atoms with van der Waals surface area (Å²) in [7, 11) is 0. The Labute approximate surface area is 150 Å². The molecule has 2 heterocycles. The molecule has 5 nitrogen and oxygen atoms in total. The SMILES string of the molecule is CCC(=O)Oc1c(C(=O)c2cc(C)c(C)cn2)[nH]c2cc(Cl)ccc12. The second-order valence-electron chi connectivity index (χ2n) is 5.83. The number of benzene rings is 1. The Balaban J connectivity index is 2.16. The quantitative estimate of drug-likeness (QED) is 0.556. The molecule has 0 aliphatic carbocycles. The fourth-order valence-corrected chi connectivity index (χ4v) is 2.64. The second kappa shape index (κ2) is 6.69. The third-order valence-electron chi connectivity index (χ3n) is 4.05. The van der Waals surface area contributed by atoms with Gasteiger partial charge >= 0.3 is 5.97 Å². The van der Waals surface area contributed by atoms with Crippen molar-refractivity contribution in [1.29, 1.82) is 0 Å². The lowest BCUT2D eigenvalue weighted by molar-refractivity contribution is -0.133. The molecule has 0 radical (unpaired) electrons. The van der Waals surface area contributed by atoms with Crippen LogP contribution in [-0.2, 0) is 4.79 Å². The van der Waals surface area contributed by atoms with E-state index in [4.69, 9.17) is 16.3 Å². The van der Waals surface area contributed by atoms with E-state index in [1.54, 1.807) is 37.4 Å². The highest BCUT2D eigenvalue weighted by Gasteiger charge is 2.23. The van der Waals surface area contributed by atoms with Crippen LogP contribution >= 0.6 is 11.6 Å². The number of aryl methyl sites for hydroxylation is 2. The fraction of sp³-hybridized carbons (Fsp3) is 0.211. The van der Waals surface area contributed by atoms with Crippen LogP contribution in [0.4, 0.5) is 0 Å². The molecule has 0 spiro atoms. The van der Waals surface area contributed by atoms with E-state index < -0.39 is 5.97 Å². The van der Waals surface area contributed by atoms with E-state index in [1.807, 2.05) is 13.8 Å². The van der Waals surface area contributed by atoms with Gasteiger partial charge < -0.3 is 9.72 Å². The van der Waals surface area contributed by atoms with Crippen LogP contribution in [0.15, 0.2) is 30.5 Å². The van der Waals surface area contributed by atoms with Crippen molar-refractivity contribution >= 4 is 34.3 Å². The molecular weight excluding hydrogens is 340 g/mol. The number of nitrogens with zero attached hydrogens (tertiary/aromatic N) is 1. The number of H-pyrrole nitrogens is 1. The third kappa shape index (κ3) is 3.28. The number of rotatable bonds is 4. The van der Waals surface area contributed by atoms with Crippen molar-refractivity contribution in [2.75, 3.05) is 0 Å². The Morgan fingerprint density at radius 1 is 1.20 bits per heavy atom. The standard InChI is InChI=1S/C19H17ClN2O3/c1-4-16(23)25-19-13-6-5-12(20)8-14(13)22-17(19)18(24)15-7-10(2)11(3)9-21-15/h5-9,22H,4H2,1-3H3. The van der Waals surface area contributed by atoms with Crippen LogP contribution in [0.1, 0.15) is 40.7 Å². The molecule has 0 aliphatic heterocycles. The first-order chi connectivity index (χ1) is 11.9. The summed E-state index contributed by atoms with van der Waals surface area (Å²) in [6.45, 7) is 5.53. The summed E-state index contributed by atoms with van der Waals surface area (Å²) in [4.78, 5) is 32.0. The molecule has 0 unspecified atom stereocenters. The average Bonchev–Trinajstić information content (AvgIpc) is 2.94. The molecule has 0 fully saturated rings. The van der Waals surface area contributed by atoms with Gasteiger partial charge in [-0.3, -0.25) is 14.6 Å². The highest BCUT2D eigenvalue weighted by Crippen LogP contribution is 2.33. The number of nitrogens with one attached hydrogen (secondary N) is 1. The van der Waals surface area contributed by atoms with Crippen molar-refractivity contribution in [3.05, 3.63) is 58.0 Å². The monoisotopic (exact) mass is 356 g/mol. The van der Waals surface area contributed by atoms with E-state index in [-0.39, 0.29) is 29.3 Å². The number of pyridine rings is 1. The average molecular weight is 357 g/mol. The molecule has 2 aromatic heterocycles. The summed E-state index contributed by atoms with van der Waals surface area (Å²) in [5.41, 5.74) is 3.06. The minimum atomic E-state index is -0.419. The van der Waals surface area contributed by atoms with Crippen LogP contribution < -0.4 is 4.74 Å². The first kappa shape index (κ1) is 17.2. The van der Waals surface area contributed by atoms with Gasteiger partial charge in [0.1, 0.15) is 11.4 Å². The van der Waals surface area contributed by atoms with Crippen LogP contribution in [0, 0.1) is 13.8 Å². The maximum atomic E-state index is 12.9. The molecule has 0 saturated carbocycles. The molecule has 1 aromatic carbocycles. The summed E-state index contributed by atoms with van der Waals surface area (Å²) in [5, 5.41) is 1.14. The highest BCUT2D eigenvalue weighted by atomic mass is 35.5. The van der Waals surface area contributed by atoms with Gasteiger partial charge in [-0.2, -0.15) is 0 Å². The smallest absolute Gasteiger partial charge is 0.310 e. The Morgan fingerprint density at radius 3 is 2.64 bits per heavy atom. The number of ketones is 1. The first-order valence-electron chi connectivity index (χ1n) is 7.90. The predicted octanol–water partition coefficient (Wildman–Crippen LogP) is 4.38. The molecule has 3 rings (SSSR count). The second-order valence-corrected chi connectivity index (χ2v) is 6.27. The first-order valence-corrected chi connectivity index (χ1v) is 8.28. The number of hydrogen-bond acceptors (Lipinski definition) is 4. The Hall–Kier alpha value is -2.66. The predicted molar refractivity (Wildman–Crippen MR) is 96.4 cm³/mol. The Kier molecular flexibility index (Phi) is 4.59. The molecule has 0 amide bonds. The lowest BCUT2D eigenvalue weighted by atomic mass is 10.1. The lowest BCUT2D eigenvalue weighted by Crippen LogP contribution is -2.11. The molecule has 25 heavy (non-hydrogen) atoms. The van der Waals surface area contributed by atoms with E-state index in [0.29, 0.717) is 15.9 Å². The van der Waals surface area contributed by atoms with Crippen molar-refractivity contribution in [2.24, 2.45) is 0 Å². The largest absolute Gasteiger partial charge is 0.423 e. The number of hydrogen-bond donors (Lipinski definition) is 1. The zero-order chi connectivity index (χ0) is 18.1. The number of ether oxygens (including phenoxy) is 1. The van der Waals surface area contributed by atoms with Crippen LogP contribution in [0.3, 0.4) is 0 Å². The number of fused-ring (bicyclic) bond motifs is 1. The summed E-state index contributed by atoms with van der Waals surface area (Å²) in [5.74, 6) is -0.546. The number of esters is 1. The molecule has 1 N–H and O–H groups in total. The van der Waals surface area contributed by atoms with Crippen LogP contribution in [-0.4, -0.2) is 21.7 Å². The normalized spacial score (nSPS) is 10.9. The highest BCUT2D eigenvalue weighted by molar-refractivity contribution is 6.31. The van der Waals surface area contributed by atoms with Crippen molar-refractivity contribution in [1.82, 2.24) is 9.97 Å². The van der Waals surface area contributed by atoms with Gasteiger partial charge in [0.25, 0.3) is 0 Å². The molecule has 0 atom stereocenters. The summed E-state index contributed by atoms with van der Waals surface area (Å²) >= 11 is 6.02. The topological polar surface area (TPSA) is 72.1 Å². The number of carbonyl (C=O) groups excluding carboxylic acids is 2. The van der Waals surface area contributed by atoms with Gasteiger partial charge in [0, 0.05) is 23.0 Å². The fourth-order valence-electron chi connectivity index (χ4n) is 2.47. The number of carbonyl (C=O) groups is 2. The van der Waals surface area contributed by atoms with Crippen LogP contribution in [0.2, 0.25) is 5.02 Å². The lowest BCUT2D eigenvalue weighted by Gasteiger charge is -2.06. The van der Waals surface area contributed by atoms with Gasteiger partial charge in [0.15, 0.2) is 5.75 Å². The maximum Gasteiger partial charge on any atom is 0.310 e. The molecule has 0 aliphatic rings. The van der Waals surface area contributed by atoms with E-state index >= 15 is 0 Å². The van der Waals surface area contributed by atoms with Gasteiger partial charge in [-0.25, -0.2) is 0 Å². The number of halogens is 1. The van der Waals surface area contributed by atoms with Gasteiger partial charge in [-0.05, 0) is 49.2 Å². The maximum absolute atomic E-state index is 12.9.